The highest BCUT2D eigenvalue weighted by atomic mass is 32.3. The summed E-state index contributed by atoms with van der Waals surface area (Å²) in [6, 6.07) is 0. The Balaban J connectivity index is 0.919. The van der Waals surface area contributed by atoms with Crippen molar-refractivity contribution >= 4 is 32.6 Å². The molecule has 34 heteroatoms. The standard InChI is InChI=1S/C59H92O32S2/c1-24(2)11-10-16-58(8)48-28(61)19-57(7)27-12-13-33-55(4,5)34(15-17-56(33,6)26(27)14-18-59(48,57)54(71)90-58)85-52-46(38(66)32(22-80-52)91-93(75,76)77)89-53-47(88-49-39(67)35(63)29(62)21-79-49)40(68)43(25(3)82-53)86-51-42(70)45(37(65)31(84-51)23-81-92(72,73)74)87-50-41(69)44(78-9)36(64)30(20-60)83-50/h14,25,27,29-53,60,62-70H,1,10-13,15-23H2,2-9H3,(H,72,73,74)(H,75,76,77)/t25-,27-,29-,30-,31-,32-,33+,34+,35+,36-,37-,38+,39-,40+,41-,42-,43-,44+,45+,46-,47-,48-,49+,50+,51+,52+,53+,56-,57+,58+,59-/m1/s1. The topological polar surface area (TPSA) is 474 Å². The third-order valence-corrected chi connectivity index (χ3v) is 22.9. The second-order valence-corrected chi connectivity index (χ2v) is 30.3. The molecule has 6 saturated heterocycles. The first-order valence-electron chi connectivity index (χ1n) is 31.5. The highest BCUT2D eigenvalue weighted by molar-refractivity contribution is 7.81. The van der Waals surface area contributed by atoms with Crippen LogP contribution in [-0.4, -0.2) is 275 Å². The Hall–Kier alpha value is -2.48. The number of carbonyl (C=O) groups is 2. The number of ether oxygens (including phenoxy) is 12. The van der Waals surface area contributed by atoms with Gasteiger partial charge in [-0.3, -0.25) is 18.7 Å². The maximum absolute atomic E-state index is 14.5. The average molecular weight is 1380 g/mol. The van der Waals surface area contributed by atoms with Gasteiger partial charge < -0.3 is 108 Å². The zero-order chi connectivity index (χ0) is 68.2. The van der Waals surface area contributed by atoms with Gasteiger partial charge in [0.25, 0.3) is 0 Å². The van der Waals surface area contributed by atoms with Gasteiger partial charge in [-0.25, -0.2) is 8.37 Å². The highest BCUT2D eigenvalue weighted by Crippen LogP contribution is 2.75. The van der Waals surface area contributed by atoms with Crippen LogP contribution in [0.3, 0.4) is 0 Å². The first kappa shape index (κ1) is 73.2. The number of carbonyl (C=O) groups excluding carboxylic acids is 2. The Labute approximate surface area is 538 Å². The van der Waals surface area contributed by atoms with Gasteiger partial charge in [0.2, 0.25) is 0 Å². The fraction of sp³-hybridized carbons (Fsp3) is 0.898. The van der Waals surface area contributed by atoms with Crippen molar-refractivity contribution in [3.63, 3.8) is 0 Å². The Kier molecular flexibility index (Phi) is 21.4. The number of hydrogen-bond donors (Lipinski definition) is 12. The molecular formula is C59H92O32S2. The zero-order valence-electron chi connectivity index (χ0n) is 52.9. The zero-order valence-corrected chi connectivity index (χ0v) is 54.5. The average Bonchev–Trinajstić information content (AvgIpc) is 1.52. The van der Waals surface area contributed by atoms with E-state index in [0.29, 0.717) is 44.9 Å². The Morgan fingerprint density at radius 3 is 1.94 bits per heavy atom. The number of rotatable bonds is 21. The van der Waals surface area contributed by atoms with Gasteiger partial charge >= 0.3 is 26.8 Å². The van der Waals surface area contributed by atoms with Crippen molar-refractivity contribution in [2.45, 2.75) is 259 Å². The summed E-state index contributed by atoms with van der Waals surface area (Å²) < 4.78 is 149. The normalized spacial score (nSPS) is 49.2. The fourth-order valence-electron chi connectivity index (χ4n) is 17.4. The van der Waals surface area contributed by atoms with Crippen molar-refractivity contribution in [3.8, 4) is 0 Å². The maximum atomic E-state index is 14.5. The largest absolute Gasteiger partial charge is 0.458 e. The van der Waals surface area contributed by atoms with Crippen LogP contribution in [0.2, 0.25) is 0 Å². The number of ketones is 1. The van der Waals surface area contributed by atoms with Crippen molar-refractivity contribution in [1.29, 1.82) is 0 Å². The lowest BCUT2D eigenvalue weighted by molar-refractivity contribution is -0.403. The lowest BCUT2D eigenvalue weighted by Gasteiger charge is -2.63. The van der Waals surface area contributed by atoms with E-state index in [4.69, 9.17) is 61.0 Å². The summed E-state index contributed by atoms with van der Waals surface area (Å²) in [5, 5.41) is 112. The number of cyclic esters (lactones) is 1. The van der Waals surface area contributed by atoms with Crippen LogP contribution >= 0.6 is 0 Å². The van der Waals surface area contributed by atoms with Gasteiger partial charge in [-0.2, -0.15) is 16.8 Å². The summed E-state index contributed by atoms with van der Waals surface area (Å²) in [5.41, 5.74) is -1.83. The minimum atomic E-state index is -5.31. The molecule has 532 valence electrons. The molecule has 0 radical (unpaired) electrons. The van der Waals surface area contributed by atoms with Crippen LogP contribution in [0, 0.1) is 39.4 Å². The molecule has 12 N–H and O–H groups in total. The third kappa shape index (κ3) is 13.5. The fourth-order valence-corrected chi connectivity index (χ4v) is 18.2. The molecular weight excluding hydrogens is 1280 g/mol. The molecule has 3 saturated carbocycles. The lowest BCUT2D eigenvalue weighted by Crippen LogP contribution is -2.68. The number of fused-ring (bicyclic) bond motifs is 4. The summed E-state index contributed by atoms with van der Waals surface area (Å²) in [6.45, 7) is 14.1. The number of hydrogen-bond acceptors (Lipinski definition) is 30. The van der Waals surface area contributed by atoms with Crippen LogP contribution in [0.5, 0.6) is 0 Å². The van der Waals surface area contributed by atoms with Crippen molar-refractivity contribution in [2.24, 2.45) is 39.4 Å². The predicted octanol–water partition coefficient (Wildman–Crippen LogP) is -2.09. The van der Waals surface area contributed by atoms with E-state index in [-0.39, 0.29) is 30.0 Å². The van der Waals surface area contributed by atoms with E-state index in [9.17, 15) is 86.6 Å². The summed E-state index contributed by atoms with van der Waals surface area (Å²) in [4.78, 5) is 28.9. The van der Waals surface area contributed by atoms with E-state index in [1.165, 1.54) is 6.92 Å². The maximum Gasteiger partial charge on any atom is 0.397 e. The van der Waals surface area contributed by atoms with Gasteiger partial charge in [-0.15, -0.1) is 6.58 Å². The molecule has 0 aromatic rings. The summed E-state index contributed by atoms with van der Waals surface area (Å²) in [6.07, 6.45) is -37.5. The molecule has 0 amide bonds. The summed E-state index contributed by atoms with van der Waals surface area (Å²) in [5.74, 6) is -1.18. The second kappa shape index (κ2) is 27.2. The molecule has 0 aromatic carbocycles. The number of allylic oxidation sites excluding steroid dienone is 3. The molecule has 31 atom stereocenters. The van der Waals surface area contributed by atoms with E-state index in [1.54, 1.807) is 0 Å². The quantitative estimate of drug-likeness (QED) is 0.0254. The molecule has 9 fully saturated rings. The molecule has 10 aliphatic rings. The molecule has 0 bridgehead atoms. The van der Waals surface area contributed by atoms with Crippen molar-refractivity contribution < 1.29 is 152 Å². The van der Waals surface area contributed by atoms with Gasteiger partial charge in [0.05, 0.1) is 50.0 Å². The number of aliphatic hydroxyl groups is 10. The van der Waals surface area contributed by atoms with E-state index in [0.717, 1.165) is 24.7 Å². The van der Waals surface area contributed by atoms with Crippen LogP contribution < -0.4 is 0 Å². The minimum Gasteiger partial charge on any atom is -0.458 e. The van der Waals surface area contributed by atoms with Crippen LogP contribution in [0.1, 0.15) is 106 Å². The van der Waals surface area contributed by atoms with E-state index in [2.05, 4.69) is 30.7 Å². The second-order valence-electron chi connectivity index (χ2n) is 28.2. The number of Topliss-reactive ketones (excluding diaryl/α,β-unsaturated/α-hetero) is 1. The highest BCUT2D eigenvalue weighted by Gasteiger charge is 2.79. The molecule has 1 spiro atoms. The molecule has 4 aliphatic carbocycles. The first-order valence-corrected chi connectivity index (χ1v) is 34.2. The van der Waals surface area contributed by atoms with Crippen LogP contribution in [-0.2, 0) is 95.6 Å². The number of aliphatic hydroxyl groups excluding tert-OH is 10. The van der Waals surface area contributed by atoms with Gasteiger partial charge in [-0.1, -0.05) is 44.9 Å². The van der Waals surface area contributed by atoms with Gasteiger partial charge in [0.15, 0.2) is 31.5 Å². The van der Waals surface area contributed by atoms with Crippen LogP contribution in [0.15, 0.2) is 23.8 Å². The van der Waals surface area contributed by atoms with Crippen molar-refractivity contribution in [3.05, 3.63) is 23.8 Å². The molecule has 6 aliphatic heterocycles. The molecule has 0 unspecified atom stereocenters. The van der Waals surface area contributed by atoms with Gasteiger partial charge in [0.1, 0.15) is 115 Å². The van der Waals surface area contributed by atoms with Crippen LogP contribution in [0.25, 0.3) is 0 Å². The molecule has 32 nitrogen and oxygen atoms in total. The van der Waals surface area contributed by atoms with E-state index >= 15 is 0 Å². The Morgan fingerprint density at radius 1 is 0.677 bits per heavy atom. The molecule has 93 heavy (non-hydrogen) atoms. The molecule has 0 aromatic heterocycles. The van der Waals surface area contributed by atoms with Crippen LogP contribution in [0.4, 0.5) is 0 Å². The predicted molar refractivity (Wildman–Crippen MR) is 308 cm³/mol. The summed E-state index contributed by atoms with van der Waals surface area (Å²) >= 11 is 0. The smallest absolute Gasteiger partial charge is 0.397 e. The first-order chi connectivity index (χ1) is 43.4. The summed E-state index contributed by atoms with van der Waals surface area (Å²) in [7, 11) is -9.46. The van der Waals surface area contributed by atoms with Crippen molar-refractivity contribution in [1.82, 2.24) is 0 Å². The third-order valence-electron chi connectivity index (χ3n) is 22.0. The lowest BCUT2D eigenvalue weighted by atomic mass is 9.41. The van der Waals surface area contributed by atoms with E-state index < -0.39 is 228 Å². The van der Waals surface area contributed by atoms with Gasteiger partial charge in [-0.05, 0) is 100 Å². The Morgan fingerprint density at radius 2 is 1.29 bits per heavy atom. The van der Waals surface area contributed by atoms with Crippen molar-refractivity contribution in [2.75, 3.05) is 33.5 Å². The number of methoxy groups -OCH3 is 1. The minimum absolute atomic E-state index is 0.0266. The molecule has 6 heterocycles. The molecule has 10 rings (SSSR count). The SMILES string of the molecule is C=C(C)CCC[C@]1(C)OC(=O)[C@]23CC=C4[C@@H](CC[C@H]5C(C)(C)[C@@H](O[C@@H]6OC[C@@H](OS(=O)(=O)O)[C@H](O)[C@H]6O[C@@H]6O[C@H](C)[C@@H](O[C@@H]7O[C@H](COS(=O)(=O)O)[C@@H](O)[C@H](O[C@@H]8O[C@H](CO)[C@@H](O)[C@H](OC)[C@H]8O)[C@H]7O)[C@H](O)[C@H]6O[C@@H]6OC[C@@H](O)[C@H](O)[C@H]6O)CC[C@]45C)[C@]2(C)CC(=O)[C@@H]31. The van der Waals surface area contributed by atoms with Gasteiger partial charge in [0, 0.05) is 13.5 Å². The number of esters is 1. The van der Waals surface area contributed by atoms with E-state index in [1.807, 2.05) is 27.7 Å². The Bertz CT molecular complexity index is 2970. The monoisotopic (exact) mass is 1380 g/mol.